The van der Waals surface area contributed by atoms with Crippen molar-refractivity contribution in [1.29, 1.82) is 0 Å². The Labute approximate surface area is 72.1 Å². The van der Waals surface area contributed by atoms with E-state index in [4.69, 9.17) is 0 Å². The third-order valence-corrected chi connectivity index (χ3v) is 2.08. The third-order valence-electron chi connectivity index (χ3n) is 2.08. The molecule has 1 aliphatic rings. The average Bonchev–Trinajstić information content (AvgIpc) is 2.43. The first-order valence-electron chi connectivity index (χ1n) is 4.27. The molecule has 0 radical (unpaired) electrons. The monoisotopic (exact) mass is 170 g/mol. The van der Waals surface area contributed by atoms with E-state index < -0.39 is 0 Å². The Morgan fingerprint density at radius 3 is 2.58 bits per heavy atom. The molecule has 4 nitrogen and oxygen atoms in total. The van der Waals surface area contributed by atoms with Gasteiger partial charge in [0, 0.05) is 32.6 Å². The van der Waals surface area contributed by atoms with Crippen LogP contribution in [-0.2, 0) is 4.79 Å². The van der Waals surface area contributed by atoms with Gasteiger partial charge in [-0.25, -0.2) is 4.79 Å². The molecule has 0 spiro atoms. The van der Waals surface area contributed by atoms with E-state index in [1.807, 2.05) is 6.92 Å². The van der Waals surface area contributed by atoms with E-state index in [9.17, 15) is 9.59 Å². The SMILES string of the molecule is CCN1CCN(CCC=O)C1=O. The van der Waals surface area contributed by atoms with Crippen molar-refractivity contribution in [2.45, 2.75) is 13.3 Å². The van der Waals surface area contributed by atoms with Crippen LogP contribution in [0.1, 0.15) is 13.3 Å². The van der Waals surface area contributed by atoms with Crippen LogP contribution in [0.2, 0.25) is 0 Å². The van der Waals surface area contributed by atoms with Gasteiger partial charge in [0.05, 0.1) is 0 Å². The molecule has 2 amide bonds. The summed E-state index contributed by atoms with van der Waals surface area (Å²) in [5.41, 5.74) is 0. The summed E-state index contributed by atoms with van der Waals surface area (Å²) in [6.45, 7) is 4.85. The van der Waals surface area contributed by atoms with Crippen LogP contribution in [-0.4, -0.2) is 48.3 Å². The summed E-state index contributed by atoms with van der Waals surface area (Å²) in [5.74, 6) is 0. The Balaban J connectivity index is 2.38. The van der Waals surface area contributed by atoms with Gasteiger partial charge in [-0.3, -0.25) is 0 Å². The summed E-state index contributed by atoms with van der Waals surface area (Å²) in [4.78, 5) is 24.9. The molecule has 1 saturated heterocycles. The second-order valence-electron chi connectivity index (χ2n) is 2.80. The van der Waals surface area contributed by atoms with Crippen molar-refractivity contribution < 1.29 is 9.59 Å². The molecule has 0 aromatic heterocycles. The van der Waals surface area contributed by atoms with Crippen molar-refractivity contribution in [3.05, 3.63) is 0 Å². The Hall–Kier alpha value is -1.06. The zero-order chi connectivity index (χ0) is 8.97. The second kappa shape index (κ2) is 4.09. The van der Waals surface area contributed by atoms with Crippen molar-refractivity contribution in [2.75, 3.05) is 26.2 Å². The predicted octanol–water partition coefficient (Wildman–Crippen LogP) is 0.333. The highest BCUT2D eigenvalue weighted by Gasteiger charge is 2.25. The molecule has 1 rings (SSSR count). The van der Waals surface area contributed by atoms with E-state index >= 15 is 0 Å². The van der Waals surface area contributed by atoms with Crippen LogP contribution in [0, 0.1) is 0 Å². The van der Waals surface area contributed by atoms with Crippen molar-refractivity contribution >= 4 is 12.3 Å². The lowest BCUT2D eigenvalue weighted by molar-refractivity contribution is -0.108. The number of hydrogen-bond acceptors (Lipinski definition) is 2. The van der Waals surface area contributed by atoms with Crippen LogP contribution in [0.5, 0.6) is 0 Å². The van der Waals surface area contributed by atoms with Gasteiger partial charge in [-0.2, -0.15) is 0 Å². The number of amides is 2. The lowest BCUT2D eigenvalue weighted by Gasteiger charge is -2.15. The zero-order valence-electron chi connectivity index (χ0n) is 7.32. The maximum atomic E-state index is 11.4. The molecule has 0 N–H and O–H groups in total. The van der Waals surface area contributed by atoms with E-state index in [1.165, 1.54) is 0 Å². The van der Waals surface area contributed by atoms with Crippen LogP contribution in [0.25, 0.3) is 0 Å². The number of carbonyl (C=O) groups is 2. The van der Waals surface area contributed by atoms with Crippen LogP contribution >= 0.6 is 0 Å². The summed E-state index contributed by atoms with van der Waals surface area (Å²) in [6, 6.07) is 0.0688. The fourth-order valence-corrected chi connectivity index (χ4v) is 1.34. The second-order valence-corrected chi connectivity index (χ2v) is 2.80. The Bertz CT molecular complexity index is 182. The van der Waals surface area contributed by atoms with Gasteiger partial charge in [0.15, 0.2) is 0 Å². The van der Waals surface area contributed by atoms with Crippen molar-refractivity contribution in [2.24, 2.45) is 0 Å². The van der Waals surface area contributed by atoms with Crippen LogP contribution < -0.4 is 0 Å². The largest absolute Gasteiger partial charge is 0.323 e. The van der Waals surface area contributed by atoms with E-state index in [2.05, 4.69) is 0 Å². The highest BCUT2D eigenvalue weighted by atomic mass is 16.2. The molecule has 0 aromatic rings. The topological polar surface area (TPSA) is 40.6 Å². The molecule has 1 fully saturated rings. The van der Waals surface area contributed by atoms with Gasteiger partial charge in [-0.05, 0) is 6.92 Å². The quantitative estimate of drug-likeness (QED) is 0.570. The number of hydrogen-bond donors (Lipinski definition) is 0. The van der Waals surface area contributed by atoms with Crippen molar-refractivity contribution in [3.63, 3.8) is 0 Å². The van der Waals surface area contributed by atoms with Crippen LogP contribution in [0.4, 0.5) is 4.79 Å². The van der Waals surface area contributed by atoms with Gasteiger partial charge in [0.1, 0.15) is 6.29 Å². The first kappa shape index (κ1) is 9.03. The minimum atomic E-state index is 0.0688. The Morgan fingerprint density at radius 1 is 1.42 bits per heavy atom. The molecule has 1 aliphatic heterocycles. The molecule has 0 saturated carbocycles. The minimum Gasteiger partial charge on any atom is -0.323 e. The molecule has 0 aliphatic carbocycles. The first-order valence-corrected chi connectivity index (χ1v) is 4.27. The lowest BCUT2D eigenvalue weighted by Crippen LogP contribution is -2.32. The summed E-state index contributed by atoms with van der Waals surface area (Å²) < 4.78 is 0. The van der Waals surface area contributed by atoms with Crippen molar-refractivity contribution in [1.82, 2.24) is 9.80 Å². The zero-order valence-corrected chi connectivity index (χ0v) is 7.32. The number of rotatable bonds is 4. The lowest BCUT2D eigenvalue weighted by atomic mass is 10.4. The Kier molecular flexibility index (Phi) is 3.08. The third kappa shape index (κ3) is 1.75. The maximum Gasteiger partial charge on any atom is 0.320 e. The number of nitrogens with zero attached hydrogens (tertiary/aromatic N) is 2. The summed E-state index contributed by atoms with van der Waals surface area (Å²) in [7, 11) is 0. The standard InChI is InChI=1S/C8H14N2O2/c1-2-9-5-6-10(8(9)12)4-3-7-11/h7H,2-6H2,1H3. The van der Waals surface area contributed by atoms with Gasteiger partial charge < -0.3 is 14.6 Å². The number of urea groups is 1. The summed E-state index contributed by atoms with van der Waals surface area (Å²) in [5, 5.41) is 0. The van der Waals surface area contributed by atoms with Gasteiger partial charge in [-0.1, -0.05) is 0 Å². The van der Waals surface area contributed by atoms with Crippen molar-refractivity contribution in [3.8, 4) is 0 Å². The number of aldehydes is 1. The average molecular weight is 170 g/mol. The molecule has 0 atom stereocenters. The van der Waals surface area contributed by atoms with Crippen LogP contribution in [0.3, 0.4) is 0 Å². The molecule has 68 valence electrons. The van der Waals surface area contributed by atoms with Gasteiger partial charge in [0.25, 0.3) is 0 Å². The van der Waals surface area contributed by atoms with Gasteiger partial charge in [-0.15, -0.1) is 0 Å². The van der Waals surface area contributed by atoms with E-state index in [0.29, 0.717) is 13.0 Å². The van der Waals surface area contributed by atoms with Gasteiger partial charge in [0.2, 0.25) is 0 Å². The van der Waals surface area contributed by atoms with Crippen LogP contribution in [0.15, 0.2) is 0 Å². The highest BCUT2D eigenvalue weighted by Crippen LogP contribution is 2.07. The predicted molar refractivity (Wildman–Crippen MR) is 44.9 cm³/mol. The fraction of sp³-hybridized carbons (Fsp3) is 0.750. The normalized spacial score (nSPS) is 17.2. The molecular weight excluding hydrogens is 156 g/mol. The minimum absolute atomic E-state index is 0.0688. The van der Waals surface area contributed by atoms with E-state index in [-0.39, 0.29) is 6.03 Å². The summed E-state index contributed by atoms with van der Waals surface area (Å²) >= 11 is 0. The maximum absolute atomic E-state index is 11.4. The van der Waals surface area contributed by atoms with Gasteiger partial charge >= 0.3 is 6.03 Å². The first-order chi connectivity index (χ1) is 5.79. The molecule has 0 unspecified atom stereocenters. The molecule has 12 heavy (non-hydrogen) atoms. The van der Waals surface area contributed by atoms with E-state index in [1.54, 1.807) is 9.80 Å². The molecular formula is C8H14N2O2. The summed E-state index contributed by atoms with van der Waals surface area (Å²) in [6.07, 6.45) is 1.30. The number of likely N-dealkylation sites (N-methyl/N-ethyl adjacent to an activating group) is 1. The molecule has 0 bridgehead atoms. The molecule has 0 aromatic carbocycles. The highest BCUT2D eigenvalue weighted by molar-refractivity contribution is 5.76. The Morgan fingerprint density at radius 2 is 2.08 bits per heavy atom. The number of carbonyl (C=O) groups excluding carboxylic acids is 2. The smallest absolute Gasteiger partial charge is 0.320 e. The molecule has 1 heterocycles. The van der Waals surface area contributed by atoms with E-state index in [0.717, 1.165) is 25.9 Å². The fourth-order valence-electron chi connectivity index (χ4n) is 1.34. The molecule has 4 heteroatoms.